The summed E-state index contributed by atoms with van der Waals surface area (Å²) in [5.74, 6) is -0.348. The highest BCUT2D eigenvalue weighted by molar-refractivity contribution is 8.15. The van der Waals surface area contributed by atoms with Crippen LogP contribution in [0.5, 0.6) is 0 Å². The van der Waals surface area contributed by atoms with Crippen molar-refractivity contribution < 1.29 is 9.59 Å². The Hall–Kier alpha value is -2.08. The third-order valence-electron chi connectivity index (χ3n) is 3.26. The molecule has 5 nitrogen and oxygen atoms in total. The summed E-state index contributed by atoms with van der Waals surface area (Å²) < 4.78 is 0. The van der Waals surface area contributed by atoms with Gasteiger partial charge in [0.25, 0.3) is 0 Å². The van der Waals surface area contributed by atoms with Crippen LogP contribution >= 0.6 is 11.8 Å². The van der Waals surface area contributed by atoms with Crippen LogP contribution in [-0.2, 0) is 9.59 Å². The van der Waals surface area contributed by atoms with Crippen LogP contribution in [0.1, 0.15) is 17.5 Å². The Morgan fingerprint density at radius 3 is 2.77 bits per heavy atom. The molecular weight excluding hydrogens is 298 g/mol. The molecule has 2 rings (SSSR count). The van der Waals surface area contributed by atoms with Crippen LogP contribution in [0.4, 0.5) is 5.69 Å². The van der Waals surface area contributed by atoms with Gasteiger partial charge in [0.1, 0.15) is 5.25 Å². The molecule has 1 heterocycles. The minimum absolute atomic E-state index is 0.122. The number of aryl methyl sites for hydroxylation is 2. The van der Waals surface area contributed by atoms with Crippen LogP contribution in [0, 0.1) is 13.8 Å². The smallest absolute Gasteiger partial charge is 0.240 e. The van der Waals surface area contributed by atoms with Gasteiger partial charge >= 0.3 is 0 Å². The highest BCUT2D eigenvalue weighted by atomic mass is 32.2. The van der Waals surface area contributed by atoms with Gasteiger partial charge in [-0.1, -0.05) is 36.0 Å². The summed E-state index contributed by atoms with van der Waals surface area (Å²) in [6.07, 6.45) is 1.78. The van der Waals surface area contributed by atoms with Gasteiger partial charge in [-0.2, -0.15) is 0 Å². The number of para-hydroxylation sites is 1. The lowest BCUT2D eigenvalue weighted by Crippen LogP contribution is -2.28. The third-order valence-corrected chi connectivity index (χ3v) is 4.38. The fourth-order valence-corrected chi connectivity index (χ4v) is 3.11. The number of anilines is 1. The first-order chi connectivity index (χ1) is 10.5. The second-order valence-corrected chi connectivity index (χ2v) is 6.24. The van der Waals surface area contributed by atoms with E-state index in [0.717, 1.165) is 16.8 Å². The number of hydrogen-bond acceptors (Lipinski definition) is 4. The molecule has 0 spiro atoms. The predicted molar refractivity (Wildman–Crippen MR) is 91.2 cm³/mol. The third kappa shape index (κ3) is 3.98. The molecule has 1 aliphatic rings. The van der Waals surface area contributed by atoms with E-state index in [2.05, 4.69) is 22.2 Å². The van der Waals surface area contributed by atoms with Gasteiger partial charge < -0.3 is 10.6 Å². The number of nitrogens with zero attached hydrogens (tertiary/aromatic N) is 1. The molecule has 2 N–H and O–H groups in total. The molecule has 0 radical (unpaired) electrons. The fraction of sp³-hybridized carbons (Fsp3) is 0.312. The second kappa shape index (κ2) is 7.26. The van der Waals surface area contributed by atoms with E-state index in [9.17, 15) is 9.59 Å². The SMILES string of the molecule is C=CCN=C1NC(=O)C(CC(=O)Nc2c(C)cccc2C)S1. The number of hydrogen-bond donors (Lipinski definition) is 2. The van der Waals surface area contributed by atoms with Gasteiger partial charge in [-0.05, 0) is 25.0 Å². The van der Waals surface area contributed by atoms with E-state index >= 15 is 0 Å². The molecule has 6 heteroatoms. The maximum atomic E-state index is 12.2. The van der Waals surface area contributed by atoms with Crippen molar-refractivity contribution in [1.29, 1.82) is 0 Å². The first-order valence-electron chi connectivity index (χ1n) is 7.00. The minimum Gasteiger partial charge on any atom is -0.326 e. The van der Waals surface area contributed by atoms with E-state index in [0.29, 0.717) is 11.7 Å². The van der Waals surface area contributed by atoms with Crippen molar-refractivity contribution in [1.82, 2.24) is 5.32 Å². The van der Waals surface area contributed by atoms with Crippen molar-refractivity contribution in [2.24, 2.45) is 4.99 Å². The fourth-order valence-electron chi connectivity index (χ4n) is 2.13. The van der Waals surface area contributed by atoms with Crippen LogP contribution in [0.3, 0.4) is 0 Å². The normalized spacial score (nSPS) is 19.1. The molecular formula is C16H19N3O2S. The van der Waals surface area contributed by atoms with E-state index in [1.54, 1.807) is 6.08 Å². The maximum Gasteiger partial charge on any atom is 0.240 e. The zero-order valence-corrected chi connectivity index (χ0v) is 13.5. The van der Waals surface area contributed by atoms with E-state index in [1.165, 1.54) is 11.8 Å². The van der Waals surface area contributed by atoms with Crippen molar-refractivity contribution >= 4 is 34.4 Å². The lowest BCUT2D eigenvalue weighted by Gasteiger charge is -2.12. The van der Waals surface area contributed by atoms with Crippen LogP contribution in [0.2, 0.25) is 0 Å². The Morgan fingerprint density at radius 2 is 2.14 bits per heavy atom. The van der Waals surface area contributed by atoms with E-state index in [-0.39, 0.29) is 18.2 Å². The number of aliphatic imine (C=N–C) groups is 1. The molecule has 1 saturated heterocycles. The average molecular weight is 317 g/mol. The summed E-state index contributed by atoms with van der Waals surface area (Å²) in [7, 11) is 0. The number of amidine groups is 1. The molecule has 0 saturated carbocycles. The van der Waals surface area contributed by atoms with Gasteiger partial charge in [-0.15, -0.1) is 6.58 Å². The molecule has 1 atom stereocenters. The summed E-state index contributed by atoms with van der Waals surface area (Å²) in [5.41, 5.74) is 2.83. The Labute approximate surface area is 134 Å². The Kier molecular flexibility index (Phi) is 5.38. The molecule has 1 aromatic carbocycles. The van der Waals surface area contributed by atoms with E-state index < -0.39 is 5.25 Å². The first kappa shape index (κ1) is 16.3. The van der Waals surface area contributed by atoms with Crippen molar-refractivity contribution in [3.8, 4) is 0 Å². The van der Waals surface area contributed by atoms with E-state index in [4.69, 9.17) is 0 Å². The molecule has 0 aromatic heterocycles. The number of thioether (sulfide) groups is 1. The zero-order chi connectivity index (χ0) is 16.1. The van der Waals surface area contributed by atoms with Crippen molar-refractivity contribution in [2.45, 2.75) is 25.5 Å². The Bertz CT molecular complexity index is 620. The summed E-state index contributed by atoms with van der Waals surface area (Å²) in [6, 6.07) is 5.84. The predicted octanol–water partition coefficient (Wildman–Crippen LogP) is 2.41. The van der Waals surface area contributed by atoms with Crippen LogP contribution in [-0.4, -0.2) is 28.8 Å². The minimum atomic E-state index is -0.437. The molecule has 116 valence electrons. The molecule has 0 aliphatic carbocycles. The lowest BCUT2D eigenvalue weighted by molar-refractivity contribution is -0.122. The number of benzene rings is 1. The summed E-state index contributed by atoms with van der Waals surface area (Å²) in [5, 5.41) is 5.69. The molecule has 1 aromatic rings. The van der Waals surface area contributed by atoms with Gasteiger partial charge in [-0.25, -0.2) is 0 Å². The Balaban J connectivity index is 1.98. The summed E-state index contributed by atoms with van der Waals surface area (Å²) >= 11 is 1.29. The number of carbonyl (C=O) groups excluding carboxylic acids is 2. The molecule has 2 amide bonds. The standard InChI is InChI=1S/C16H19N3O2S/c1-4-8-17-16-19-15(21)12(22-16)9-13(20)18-14-10(2)6-5-7-11(14)3/h4-7,12H,1,8-9H2,2-3H3,(H,18,20)(H,17,19,21). The van der Waals surface area contributed by atoms with Crippen LogP contribution < -0.4 is 10.6 Å². The topological polar surface area (TPSA) is 70.6 Å². The van der Waals surface area contributed by atoms with E-state index in [1.807, 2.05) is 32.0 Å². The van der Waals surface area contributed by atoms with Gasteiger partial charge in [0.15, 0.2) is 5.17 Å². The monoisotopic (exact) mass is 317 g/mol. The zero-order valence-electron chi connectivity index (χ0n) is 12.7. The van der Waals surface area contributed by atoms with Gasteiger partial charge in [0, 0.05) is 12.1 Å². The molecule has 1 aliphatic heterocycles. The molecule has 1 unspecified atom stereocenters. The van der Waals surface area contributed by atoms with Crippen molar-refractivity contribution in [3.05, 3.63) is 42.0 Å². The molecule has 0 bridgehead atoms. The quantitative estimate of drug-likeness (QED) is 0.819. The Morgan fingerprint density at radius 1 is 1.45 bits per heavy atom. The summed E-state index contributed by atoms with van der Waals surface area (Å²) in [6.45, 7) is 7.91. The van der Waals surface area contributed by atoms with Crippen molar-refractivity contribution in [3.63, 3.8) is 0 Å². The van der Waals surface area contributed by atoms with Crippen molar-refractivity contribution in [2.75, 3.05) is 11.9 Å². The van der Waals surface area contributed by atoms with Gasteiger partial charge in [-0.3, -0.25) is 14.6 Å². The number of carbonyl (C=O) groups is 2. The van der Waals surface area contributed by atoms with Gasteiger partial charge in [0.2, 0.25) is 11.8 Å². The largest absolute Gasteiger partial charge is 0.326 e. The highest BCUT2D eigenvalue weighted by Crippen LogP contribution is 2.24. The maximum absolute atomic E-state index is 12.2. The lowest BCUT2D eigenvalue weighted by atomic mass is 10.1. The second-order valence-electron chi connectivity index (χ2n) is 5.05. The first-order valence-corrected chi connectivity index (χ1v) is 7.88. The average Bonchev–Trinajstić information content (AvgIpc) is 2.81. The number of nitrogens with one attached hydrogen (secondary N) is 2. The van der Waals surface area contributed by atoms with Crippen LogP contribution in [0.25, 0.3) is 0 Å². The summed E-state index contributed by atoms with van der Waals surface area (Å²) in [4.78, 5) is 28.2. The molecule has 1 fully saturated rings. The number of rotatable bonds is 5. The molecule has 22 heavy (non-hydrogen) atoms. The van der Waals surface area contributed by atoms with Crippen LogP contribution in [0.15, 0.2) is 35.8 Å². The highest BCUT2D eigenvalue weighted by Gasteiger charge is 2.32. The van der Waals surface area contributed by atoms with Gasteiger partial charge in [0.05, 0.1) is 6.54 Å². The number of amides is 2.